The lowest BCUT2D eigenvalue weighted by molar-refractivity contribution is 0.131. The second kappa shape index (κ2) is 7.05. The van der Waals surface area contributed by atoms with Crippen LogP contribution < -0.4 is 5.73 Å². The number of likely N-dealkylation sites (tertiary alicyclic amines) is 1. The van der Waals surface area contributed by atoms with E-state index in [1.165, 1.54) is 64.5 Å². The lowest BCUT2D eigenvalue weighted by atomic mass is 9.86. The molecule has 112 valence electrons. The normalized spacial score (nSPS) is 37.4. The molecule has 2 rings (SSSR count). The Balaban J connectivity index is 1.86. The van der Waals surface area contributed by atoms with Crippen LogP contribution in [0.4, 0.5) is 0 Å². The lowest BCUT2D eigenvalue weighted by Crippen LogP contribution is -2.48. The Labute approximate surface area is 118 Å². The summed E-state index contributed by atoms with van der Waals surface area (Å²) in [5, 5.41) is 9.54. The standard InChI is InChI=1S/C16H32N2O/c1-2-15-8-4-3-5-11-18(15)12-9-14-7-6-10-16(14,17)13-19/h14-15,19H,2-13,17H2,1H3. The number of rotatable bonds is 5. The monoisotopic (exact) mass is 268 g/mol. The van der Waals surface area contributed by atoms with Crippen LogP contribution in [0.2, 0.25) is 0 Å². The zero-order valence-corrected chi connectivity index (χ0v) is 12.6. The highest BCUT2D eigenvalue weighted by Gasteiger charge is 2.38. The van der Waals surface area contributed by atoms with Gasteiger partial charge in [-0.15, -0.1) is 0 Å². The SMILES string of the molecule is CCC1CCCCCN1CCC1CCCC1(N)CO. The Morgan fingerprint density at radius 1 is 1.21 bits per heavy atom. The van der Waals surface area contributed by atoms with Gasteiger partial charge in [0.15, 0.2) is 0 Å². The van der Waals surface area contributed by atoms with Crippen LogP contribution in [-0.4, -0.2) is 41.3 Å². The summed E-state index contributed by atoms with van der Waals surface area (Å²) in [7, 11) is 0. The van der Waals surface area contributed by atoms with Gasteiger partial charge in [0.1, 0.15) is 0 Å². The molecule has 0 aromatic carbocycles. The summed E-state index contributed by atoms with van der Waals surface area (Å²) in [6, 6.07) is 0.783. The van der Waals surface area contributed by atoms with Crippen molar-refractivity contribution < 1.29 is 5.11 Å². The molecule has 1 saturated carbocycles. The molecule has 2 fully saturated rings. The number of nitrogens with zero attached hydrogens (tertiary/aromatic N) is 1. The highest BCUT2D eigenvalue weighted by molar-refractivity contribution is 4.96. The summed E-state index contributed by atoms with van der Waals surface area (Å²) in [5.41, 5.74) is 6.06. The van der Waals surface area contributed by atoms with Gasteiger partial charge in [-0.25, -0.2) is 0 Å². The molecule has 0 spiro atoms. The quantitative estimate of drug-likeness (QED) is 0.805. The van der Waals surface area contributed by atoms with Gasteiger partial charge < -0.3 is 15.7 Å². The average Bonchev–Trinajstić information content (AvgIpc) is 2.66. The number of aliphatic hydroxyl groups is 1. The third-order valence-corrected chi connectivity index (χ3v) is 5.54. The number of hydrogen-bond donors (Lipinski definition) is 2. The Bertz CT molecular complexity index is 271. The van der Waals surface area contributed by atoms with Crippen LogP contribution in [0.15, 0.2) is 0 Å². The molecule has 3 atom stereocenters. The van der Waals surface area contributed by atoms with Crippen molar-refractivity contribution in [1.82, 2.24) is 4.90 Å². The van der Waals surface area contributed by atoms with E-state index in [0.29, 0.717) is 5.92 Å². The first kappa shape index (κ1) is 15.3. The van der Waals surface area contributed by atoms with Crippen molar-refractivity contribution in [2.45, 2.75) is 76.3 Å². The molecule has 3 nitrogen and oxygen atoms in total. The minimum atomic E-state index is -0.284. The lowest BCUT2D eigenvalue weighted by Gasteiger charge is -2.34. The first-order chi connectivity index (χ1) is 9.19. The van der Waals surface area contributed by atoms with E-state index in [1.54, 1.807) is 0 Å². The van der Waals surface area contributed by atoms with Gasteiger partial charge in [-0.1, -0.05) is 26.2 Å². The third kappa shape index (κ3) is 3.71. The zero-order chi connectivity index (χ0) is 13.7. The molecular formula is C16H32N2O. The van der Waals surface area contributed by atoms with E-state index < -0.39 is 0 Å². The van der Waals surface area contributed by atoms with Gasteiger partial charge >= 0.3 is 0 Å². The van der Waals surface area contributed by atoms with Gasteiger partial charge in [-0.2, -0.15) is 0 Å². The van der Waals surface area contributed by atoms with Gasteiger partial charge in [0.05, 0.1) is 6.61 Å². The van der Waals surface area contributed by atoms with E-state index in [4.69, 9.17) is 5.73 Å². The molecule has 0 aromatic rings. The smallest absolute Gasteiger partial charge is 0.0613 e. The highest BCUT2D eigenvalue weighted by Crippen LogP contribution is 2.36. The summed E-state index contributed by atoms with van der Waals surface area (Å²) in [6.07, 6.45) is 11.4. The summed E-state index contributed by atoms with van der Waals surface area (Å²) in [6.45, 7) is 4.93. The molecule has 0 radical (unpaired) electrons. The summed E-state index contributed by atoms with van der Waals surface area (Å²) >= 11 is 0. The minimum Gasteiger partial charge on any atom is -0.394 e. The van der Waals surface area contributed by atoms with E-state index in [0.717, 1.165) is 12.5 Å². The van der Waals surface area contributed by atoms with Crippen molar-refractivity contribution in [3.63, 3.8) is 0 Å². The molecule has 2 aliphatic rings. The van der Waals surface area contributed by atoms with Gasteiger partial charge in [0.25, 0.3) is 0 Å². The fraction of sp³-hybridized carbons (Fsp3) is 1.00. The van der Waals surface area contributed by atoms with Crippen LogP contribution in [-0.2, 0) is 0 Å². The Morgan fingerprint density at radius 2 is 2.05 bits per heavy atom. The molecule has 0 aromatic heterocycles. The van der Waals surface area contributed by atoms with Gasteiger partial charge in [-0.05, 0) is 57.5 Å². The van der Waals surface area contributed by atoms with Crippen LogP contribution in [0.3, 0.4) is 0 Å². The van der Waals surface area contributed by atoms with Crippen molar-refractivity contribution in [3.8, 4) is 0 Å². The minimum absolute atomic E-state index is 0.162. The largest absolute Gasteiger partial charge is 0.394 e. The molecule has 3 unspecified atom stereocenters. The Kier molecular flexibility index (Phi) is 5.67. The van der Waals surface area contributed by atoms with Crippen molar-refractivity contribution in [3.05, 3.63) is 0 Å². The maximum absolute atomic E-state index is 9.54. The van der Waals surface area contributed by atoms with Crippen molar-refractivity contribution in [1.29, 1.82) is 0 Å². The van der Waals surface area contributed by atoms with E-state index in [-0.39, 0.29) is 12.1 Å². The maximum Gasteiger partial charge on any atom is 0.0613 e. The van der Waals surface area contributed by atoms with Crippen molar-refractivity contribution in [2.75, 3.05) is 19.7 Å². The predicted molar refractivity (Wildman–Crippen MR) is 80.1 cm³/mol. The van der Waals surface area contributed by atoms with Gasteiger partial charge in [-0.3, -0.25) is 0 Å². The number of nitrogens with two attached hydrogens (primary N) is 1. The van der Waals surface area contributed by atoms with E-state index in [1.807, 2.05) is 0 Å². The molecule has 1 heterocycles. The number of aliphatic hydroxyl groups excluding tert-OH is 1. The van der Waals surface area contributed by atoms with E-state index in [2.05, 4.69) is 11.8 Å². The molecule has 1 saturated heterocycles. The molecule has 19 heavy (non-hydrogen) atoms. The van der Waals surface area contributed by atoms with Crippen LogP contribution >= 0.6 is 0 Å². The van der Waals surface area contributed by atoms with Crippen molar-refractivity contribution >= 4 is 0 Å². The average molecular weight is 268 g/mol. The van der Waals surface area contributed by atoms with E-state index >= 15 is 0 Å². The first-order valence-electron chi connectivity index (χ1n) is 8.33. The second-order valence-corrected chi connectivity index (χ2v) is 6.72. The molecule has 3 N–H and O–H groups in total. The van der Waals surface area contributed by atoms with Gasteiger partial charge in [0, 0.05) is 11.6 Å². The molecule has 0 amide bonds. The molecule has 0 bridgehead atoms. The van der Waals surface area contributed by atoms with Crippen LogP contribution in [0.1, 0.15) is 64.7 Å². The first-order valence-corrected chi connectivity index (χ1v) is 8.33. The second-order valence-electron chi connectivity index (χ2n) is 6.72. The van der Waals surface area contributed by atoms with Crippen molar-refractivity contribution in [2.24, 2.45) is 11.7 Å². The molecular weight excluding hydrogens is 236 g/mol. The molecule has 3 heteroatoms. The van der Waals surface area contributed by atoms with Crippen LogP contribution in [0.5, 0.6) is 0 Å². The topological polar surface area (TPSA) is 49.5 Å². The fourth-order valence-corrected chi connectivity index (χ4v) is 4.12. The van der Waals surface area contributed by atoms with E-state index in [9.17, 15) is 5.11 Å². The summed E-state index contributed by atoms with van der Waals surface area (Å²) < 4.78 is 0. The van der Waals surface area contributed by atoms with Gasteiger partial charge in [0.2, 0.25) is 0 Å². The Hall–Kier alpha value is -0.120. The molecule has 1 aliphatic heterocycles. The zero-order valence-electron chi connectivity index (χ0n) is 12.6. The van der Waals surface area contributed by atoms with Crippen LogP contribution in [0, 0.1) is 5.92 Å². The number of hydrogen-bond acceptors (Lipinski definition) is 3. The third-order valence-electron chi connectivity index (χ3n) is 5.54. The molecule has 1 aliphatic carbocycles. The highest BCUT2D eigenvalue weighted by atomic mass is 16.3. The Morgan fingerprint density at radius 3 is 2.79 bits per heavy atom. The fourth-order valence-electron chi connectivity index (χ4n) is 4.12. The summed E-state index contributed by atoms with van der Waals surface area (Å²) in [5.74, 6) is 0.526. The maximum atomic E-state index is 9.54. The predicted octanol–water partition coefficient (Wildman–Crippen LogP) is 2.52. The summed E-state index contributed by atoms with van der Waals surface area (Å²) in [4.78, 5) is 2.70. The van der Waals surface area contributed by atoms with Crippen LogP contribution in [0.25, 0.3) is 0 Å².